The van der Waals surface area contributed by atoms with Gasteiger partial charge in [-0.2, -0.15) is 0 Å². The quantitative estimate of drug-likeness (QED) is 0.631. The normalized spacial score (nSPS) is 12.9. The molecule has 1 unspecified atom stereocenters. The van der Waals surface area contributed by atoms with E-state index >= 15 is 0 Å². The highest BCUT2D eigenvalue weighted by atomic mass is 32.1. The summed E-state index contributed by atoms with van der Waals surface area (Å²) in [4.78, 5) is 4.42. The van der Waals surface area contributed by atoms with Crippen LogP contribution in [0.2, 0.25) is 0 Å². The number of nitrogens with one attached hydrogen (secondary N) is 1. The monoisotopic (exact) mass is 237 g/mol. The lowest BCUT2D eigenvalue weighted by Crippen LogP contribution is -2.29. The van der Waals surface area contributed by atoms with Gasteiger partial charge in [0.05, 0.1) is 23.0 Å². The van der Waals surface area contributed by atoms with E-state index in [2.05, 4.69) is 15.8 Å². The zero-order valence-electron chi connectivity index (χ0n) is 9.36. The van der Waals surface area contributed by atoms with Crippen molar-refractivity contribution < 1.29 is 4.42 Å². The van der Waals surface area contributed by atoms with Crippen molar-refractivity contribution in [2.24, 2.45) is 5.84 Å². The first-order chi connectivity index (χ1) is 7.69. The zero-order valence-corrected chi connectivity index (χ0v) is 10.2. The van der Waals surface area contributed by atoms with E-state index in [4.69, 9.17) is 10.3 Å². The molecule has 2 heterocycles. The molecular formula is C11H15N3OS. The van der Waals surface area contributed by atoms with Gasteiger partial charge in [-0.15, -0.1) is 11.3 Å². The first-order valence-electron chi connectivity index (χ1n) is 5.11. The van der Waals surface area contributed by atoms with Crippen LogP contribution in [0.1, 0.15) is 28.1 Å². The van der Waals surface area contributed by atoms with Gasteiger partial charge in [0.15, 0.2) is 0 Å². The van der Waals surface area contributed by atoms with Gasteiger partial charge in [0.25, 0.3) is 0 Å². The number of aryl methyl sites for hydroxylation is 2. The highest BCUT2D eigenvalue weighted by Gasteiger charge is 2.14. The van der Waals surface area contributed by atoms with Gasteiger partial charge >= 0.3 is 0 Å². The summed E-state index contributed by atoms with van der Waals surface area (Å²) in [5.74, 6) is 6.45. The fraction of sp³-hybridized carbons (Fsp3) is 0.364. The number of nitrogens with zero attached hydrogens (tertiary/aromatic N) is 1. The number of hydrazine groups is 1. The number of hydrogen-bond acceptors (Lipinski definition) is 5. The van der Waals surface area contributed by atoms with E-state index in [0.29, 0.717) is 0 Å². The molecule has 0 bridgehead atoms. The molecule has 0 spiro atoms. The molecular weight excluding hydrogens is 222 g/mol. The molecule has 16 heavy (non-hydrogen) atoms. The largest absolute Gasteiger partial charge is 0.469 e. The molecule has 0 radical (unpaired) electrons. The van der Waals surface area contributed by atoms with Crippen LogP contribution in [0.5, 0.6) is 0 Å². The fourth-order valence-corrected chi connectivity index (χ4v) is 2.26. The van der Waals surface area contributed by atoms with Crippen LogP contribution in [0, 0.1) is 13.8 Å². The van der Waals surface area contributed by atoms with Crippen molar-refractivity contribution in [1.82, 2.24) is 10.4 Å². The van der Waals surface area contributed by atoms with Crippen LogP contribution >= 0.6 is 11.3 Å². The van der Waals surface area contributed by atoms with E-state index in [9.17, 15) is 0 Å². The average Bonchev–Trinajstić information content (AvgIpc) is 2.84. The van der Waals surface area contributed by atoms with Gasteiger partial charge in [0.2, 0.25) is 0 Å². The van der Waals surface area contributed by atoms with Gasteiger partial charge < -0.3 is 4.42 Å². The maximum atomic E-state index is 5.55. The molecule has 4 nitrogen and oxygen atoms in total. The van der Waals surface area contributed by atoms with Crippen molar-refractivity contribution in [1.29, 1.82) is 0 Å². The van der Waals surface area contributed by atoms with Gasteiger partial charge in [-0.3, -0.25) is 11.3 Å². The Kier molecular flexibility index (Phi) is 3.38. The van der Waals surface area contributed by atoms with E-state index in [1.807, 2.05) is 19.9 Å². The van der Waals surface area contributed by atoms with E-state index in [1.165, 1.54) is 0 Å². The smallest absolute Gasteiger partial charge is 0.101 e. The van der Waals surface area contributed by atoms with Gasteiger partial charge in [-0.05, 0) is 19.9 Å². The topological polar surface area (TPSA) is 64.1 Å². The first kappa shape index (κ1) is 11.3. The van der Waals surface area contributed by atoms with Crippen molar-refractivity contribution in [3.63, 3.8) is 0 Å². The SMILES string of the molecule is Cc1cc(C(Cc2csc(C)n2)NN)co1. The molecule has 1 atom stereocenters. The third kappa shape index (κ3) is 2.49. The van der Waals surface area contributed by atoms with Gasteiger partial charge in [-0.1, -0.05) is 0 Å². The molecule has 5 heteroatoms. The molecule has 2 aromatic rings. The molecule has 0 saturated heterocycles. The number of aromatic nitrogens is 1. The van der Waals surface area contributed by atoms with Gasteiger partial charge in [-0.25, -0.2) is 4.98 Å². The Hall–Kier alpha value is -1.17. The lowest BCUT2D eigenvalue weighted by molar-refractivity contribution is 0.510. The predicted molar refractivity (Wildman–Crippen MR) is 64.1 cm³/mol. The first-order valence-corrected chi connectivity index (χ1v) is 5.99. The minimum Gasteiger partial charge on any atom is -0.469 e. The Bertz CT molecular complexity index is 463. The Morgan fingerprint density at radius 3 is 2.88 bits per heavy atom. The van der Waals surface area contributed by atoms with Crippen molar-refractivity contribution in [3.05, 3.63) is 39.7 Å². The third-order valence-electron chi connectivity index (χ3n) is 2.43. The molecule has 2 rings (SSSR count). The molecule has 2 aromatic heterocycles. The summed E-state index contributed by atoms with van der Waals surface area (Å²) >= 11 is 1.65. The Morgan fingerprint density at radius 2 is 2.38 bits per heavy atom. The van der Waals surface area contributed by atoms with Crippen molar-refractivity contribution >= 4 is 11.3 Å². The van der Waals surface area contributed by atoms with E-state index < -0.39 is 0 Å². The van der Waals surface area contributed by atoms with Gasteiger partial charge in [0, 0.05) is 17.4 Å². The molecule has 0 saturated carbocycles. The minimum absolute atomic E-state index is 0.0546. The minimum atomic E-state index is 0.0546. The highest BCUT2D eigenvalue weighted by Crippen LogP contribution is 2.20. The summed E-state index contributed by atoms with van der Waals surface area (Å²) < 4.78 is 5.28. The number of hydrogen-bond donors (Lipinski definition) is 2. The second kappa shape index (κ2) is 4.78. The van der Waals surface area contributed by atoms with Crippen molar-refractivity contribution in [3.8, 4) is 0 Å². The summed E-state index contributed by atoms with van der Waals surface area (Å²) in [6.45, 7) is 3.92. The van der Waals surface area contributed by atoms with E-state index in [1.54, 1.807) is 17.6 Å². The second-order valence-electron chi connectivity index (χ2n) is 3.77. The third-order valence-corrected chi connectivity index (χ3v) is 3.26. The van der Waals surface area contributed by atoms with Crippen molar-refractivity contribution in [2.45, 2.75) is 26.3 Å². The number of rotatable bonds is 4. The lowest BCUT2D eigenvalue weighted by atomic mass is 10.1. The van der Waals surface area contributed by atoms with Crippen LogP contribution in [0.15, 0.2) is 22.1 Å². The lowest BCUT2D eigenvalue weighted by Gasteiger charge is -2.11. The maximum absolute atomic E-state index is 5.55. The summed E-state index contributed by atoms with van der Waals surface area (Å²) in [5, 5.41) is 3.14. The van der Waals surface area contributed by atoms with Crippen LogP contribution in [-0.4, -0.2) is 4.98 Å². The van der Waals surface area contributed by atoms with Crippen LogP contribution < -0.4 is 11.3 Å². The maximum Gasteiger partial charge on any atom is 0.101 e. The fourth-order valence-electron chi connectivity index (χ4n) is 1.63. The Labute approximate surface area is 98.5 Å². The molecule has 3 N–H and O–H groups in total. The van der Waals surface area contributed by atoms with Crippen LogP contribution in [0.3, 0.4) is 0 Å². The molecule has 0 aromatic carbocycles. The zero-order chi connectivity index (χ0) is 11.5. The Morgan fingerprint density at radius 1 is 1.56 bits per heavy atom. The van der Waals surface area contributed by atoms with Crippen LogP contribution in [-0.2, 0) is 6.42 Å². The standard InChI is InChI=1S/C11H15N3OS/c1-7-3-9(5-15-7)11(14-12)4-10-6-16-8(2)13-10/h3,5-6,11,14H,4,12H2,1-2H3. The second-order valence-corrected chi connectivity index (χ2v) is 4.83. The number of nitrogens with two attached hydrogens (primary N) is 1. The van der Waals surface area contributed by atoms with Crippen LogP contribution in [0.25, 0.3) is 0 Å². The number of thiazole rings is 1. The molecule has 0 fully saturated rings. The molecule has 0 aliphatic rings. The van der Waals surface area contributed by atoms with Gasteiger partial charge in [0.1, 0.15) is 5.76 Å². The molecule has 0 amide bonds. The summed E-state index contributed by atoms with van der Waals surface area (Å²) in [7, 11) is 0. The van der Waals surface area contributed by atoms with Crippen LogP contribution in [0.4, 0.5) is 0 Å². The average molecular weight is 237 g/mol. The summed E-state index contributed by atoms with van der Waals surface area (Å²) in [5.41, 5.74) is 4.91. The Balaban J connectivity index is 2.12. The van der Waals surface area contributed by atoms with E-state index in [-0.39, 0.29) is 6.04 Å². The molecule has 86 valence electrons. The molecule has 0 aliphatic carbocycles. The predicted octanol–water partition coefficient (Wildman–Crippen LogP) is 2.10. The van der Waals surface area contributed by atoms with E-state index in [0.717, 1.165) is 28.4 Å². The summed E-state index contributed by atoms with van der Waals surface area (Å²) in [6, 6.07) is 2.04. The molecule has 0 aliphatic heterocycles. The summed E-state index contributed by atoms with van der Waals surface area (Å²) in [6.07, 6.45) is 2.51. The van der Waals surface area contributed by atoms with Crippen molar-refractivity contribution in [2.75, 3.05) is 0 Å². The number of furan rings is 1. The highest BCUT2D eigenvalue weighted by molar-refractivity contribution is 7.09.